The van der Waals surface area contributed by atoms with E-state index in [-0.39, 0.29) is 0 Å². The minimum atomic E-state index is 0.554. The van der Waals surface area contributed by atoms with Crippen molar-refractivity contribution >= 4 is 23.3 Å². The highest BCUT2D eigenvalue weighted by Crippen LogP contribution is 2.28. The van der Waals surface area contributed by atoms with Crippen molar-refractivity contribution in [1.82, 2.24) is 9.55 Å². The zero-order chi connectivity index (χ0) is 15.0. The monoisotopic (exact) mass is 295 g/mol. The van der Waals surface area contributed by atoms with E-state index in [0.29, 0.717) is 16.1 Å². The Kier molecular flexibility index (Phi) is 3.24. The van der Waals surface area contributed by atoms with Gasteiger partial charge in [0.25, 0.3) is 0 Å². The third kappa shape index (κ3) is 2.20. The number of hydrogen-bond acceptors (Lipinski definition) is 3. The molecule has 3 aromatic rings. The molecule has 5 heteroatoms. The lowest BCUT2D eigenvalue weighted by atomic mass is 10.2. The first-order valence-electron chi connectivity index (χ1n) is 6.44. The number of methoxy groups -OCH3 is 1. The molecule has 0 aliphatic heterocycles. The third-order valence-corrected chi connectivity index (χ3v) is 3.67. The van der Waals surface area contributed by atoms with Gasteiger partial charge in [-0.25, -0.2) is 0 Å². The number of nitrogens with one attached hydrogen (secondary N) is 1. The molecule has 21 heavy (non-hydrogen) atoms. The van der Waals surface area contributed by atoms with Crippen molar-refractivity contribution in [2.45, 2.75) is 6.92 Å². The summed E-state index contributed by atoms with van der Waals surface area (Å²) in [6.45, 7) is 2.04. The second-order valence-corrected chi connectivity index (χ2v) is 5.17. The predicted octanol–water partition coefficient (Wildman–Crippen LogP) is 3.88. The lowest BCUT2D eigenvalue weighted by Crippen LogP contribution is -1.98. The van der Waals surface area contributed by atoms with Gasteiger partial charge in [0, 0.05) is 6.07 Å². The fraction of sp³-hybridized carbons (Fsp3) is 0.125. The SMILES string of the molecule is COc1cc(C#N)ccc1-n1c(=S)[nH]c2cc(C)ccc21. The molecule has 0 spiro atoms. The maximum atomic E-state index is 9.00. The Balaban J connectivity index is 2.33. The number of rotatable bonds is 2. The van der Waals surface area contributed by atoms with Crippen LogP contribution in [0.25, 0.3) is 16.7 Å². The van der Waals surface area contributed by atoms with Crippen molar-refractivity contribution in [2.24, 2.45) is 0 Å². The van der Waals surface area contributed by atoms with Crippen molar-refractivity contribution in [3.8, 4) is 17.5 Å². The van der Waals surface area contributed by atoms with Gasteiger partial charge in [-0.2, -0.15) is 5.26 Å². The number of ether oxygens (including phenoxy) is 1. The van der Waals surface area contributed by atoms with Crippen molar-refractivity contribution in [2.75, 3.05) is 7.11 Å². The molecule has 3 rings (SSSR count). The number of benzene rings is 2. The number of nitrogens with zero attached hydrogens (tertiary/aromatic N) is 2. The fourth-order valence-corrected chi connectivity index (χ4v) is 2.70. The topological polar surface area (TPSA) is 53.7 Å². The van der Waals surface area contributed by atoms with E-state index in [0.717, 1.165) is 22.3 Å². The number of fused-ring (bicyclic) bond motifs is 1. The Morgan fingerprint density at radius 3 is 2.76 bits per heavy atom. The average molecular weight is 295 g/mol. The van der Waals surface area contributed by atoms with Crippen molar-refractivity contribution < 1.29 is 4.74 Å². The van der Waals surface area contributed by atoms with Crippen LogP contribution in [-0.4, -0.2) is 16.7 Å². The van der Waals surface area contributed by atoms with E-state index in [1.165, 1.54) is 0 Å². The van der Waals surface area contributed by atoms with E-state index in [1.807, 2.05) is 29.7 Å². The Bertz CT molecular complexity index is 931. The second kappa shape index (κ2) is 5.08. The van der Waals surface area contributed by atoms with E-state index in [9.17, 15) is 0 Å². The molecule has 0 atom stereocenters. The maximum Gasteiger partial charge on any atom is 0.182 e. The molecule has 1 heterocycles. The number of aromatic amines is 1. The van der Waals surface area contributed by atoms with Crippen LogP contribution in [0.5, 0.6) is 5.75 Å². The Morgan fingerprint density at radius 1 is 1.24 bits per heavy atom. The van der Waals surface area contributed by atoms with Gasteiger partial charge < -0.3 is 9.72 Å². The van der Waals surface area contributed by atoms with Gasteiger partial charge in [-0.1, -0.05) is 6.07 Å². The molecule has 0 aliphatic carbocycles. The van der Waals surface area contributed by atoms with Crippen molar-refractivity contribution in [1.29, 1.82) is 5.26 Å². The molecule has 0 amide bonds. The van der Waals surface area contributed by atoms with Crippen molar-refractivity contribution in [3.63, 3.8) is 0 Å². The summed E-state index contributed by atoms with van der Waals surface area (Å²) in [5.74, 6) is 0.617. The van der Waals surface area contributed by atoms with Gasteiger partial charge in [-0.15, -0.1) is 0 Å². The van der Waals surface area contributed by atoms with Crippen LogP contribution in [0.15, 0.2) is 36.4 Å². The van der Waals surface area contributed by atoms with E-state index >= 15 is 0 Å². The molecule has 0 radical (unpaired) electrons. The minimum absolute atomic E-state index is 0.554. The summed E-state index contributed by atoms with van der Waals surface area (Å²) in [6, 6.07) is 13.5. The molecule has 4 nitrogen and oxygen atoms in total. The van der Waals surface area contributed by atoms with E-state index in [1.54, 1.807) is 19.2 Å². The maximum absolute atomic E-state index is 9.00. The Morgan fingerprint density at radius 2 is 2.05 bits per heavy atom. The Hall–Kier alpha value is -2.58. The highest BCUT2D eigenvalue weighted by atomic mass is 32.1. The van der Waals surface area contributed by atoms with Crippen molar-refractivity contribution in [3.05, 3.63) is 52.3 Å². The molecular weight excluding hydrogens is 282 g/mol. The summed E-state index contributed by atoms with van der Waals surface area (Å²) in [6.07, 6.45) is 0. The lowest BCUT2D eigenvalue weighted by Gasteiger charge is -2.10. The molecule has 2 aromatic carbocycles. The van der Waals surface area contributed by atoms with Crippen LogP contribution >= 0.6 is 12.2 Å². The quantitative estimate of drug-likeness (QED) is 0.730. The van der Waals surface area contributed by atoms with Crippen LogP contribution in [0.1, 0.15) is 11.1 Å². The number of imidazole rings is 1. The first-order chi connectivity index (χ1) is 10.1. The van der Waals surface area contributed by atoms with Crippen LogP contribution in [0.4, 0.5) is 0 Å². The van der Waals surface area contributed by atoms with Crippen LogP contribution < -0.4 is 4.74 Å². The summed E-state index contributed by atoms with van der Waals surface area (Å²) in [7, 11) is 1.59. The molecule has 0 saturated heterocycles. The lowest BCUT2D eigenvalue weighted by molar-refractivity contribution is 0.413. The van der Waals surface area contributed by atoms with Gasteiger partial charge in [-0.05, 0) is 49.0 Å². The molecule has 1 N–H and O–H groups in total. The first-order valence-corrected chi connectivity index (χ1v) is 6.85. The van der Waals surface area contributed by atoms with Gasteiger partial charge in [-0.3, -0.25) is 4.57 Å². The zero-order valence-electron chi connectivity index (χ0n) is 11.7. The predicted molar refractivity (Wildman–Crippen MR) is 84.5 cm³/mol. The number of nitriles is 1. The summed E-state index contributed by atoms with van der Waals surface area (Å²) >= 11 is 5.43. The van der Waals surface area contributed by atoms with E-state index in [2.05, 4.69) is 17.1 Å². The van der Waals surface area contributed by atoms with Gasteiger partial charge in [0.15, 0.2) is 4.77 Å². The molecular formula is C16H13N3OS. The number of aromatic nitrogens is 2. The number of aryl methyl sites for hydroxylation is 1. The van der Waals surface area contributed by atoms with E-state index < -0.39 is 0 Å². The largest absolute Gasteiger partial charge is 0.495 e. The zero-order valence-corrected chi connectivity index (χ0v) is 12.5. The van der Waals surface area contributed by atoms with Crippen LogP contribution in [-0.2, 0) is 0 Å². The molecule has 0 unspecified atom stereocenters. The van der Waals surface area contributed by atoms with E-state index in [4.69, 9.17) is 22.2 Å². The first kappa shape index (κ1) is 13.4. The molecule has 104 valence electrons. The normalized spacial score (nSPS) is 10.5. The number of H-pyrrole nitrogens is 1. The smallest absolute Gasteiger partial charge is 0.182 e. The standard InChI is InChI=1S/C16H13N3OS/c1-10-3-5-13-12(7-10)18-16(21)19(13)14-6-4-11(9-17)8-15(14)20-2/h3-8H,1-2H3,(H,18,21). The van der Waals surface area contributed by atoms with Crippen LogP contribution in [0, 0.1) is 23.0 Å². The minimum Gasteiger partial charge on any atom is -0.495 e. The van der Waals surface area contributed by atoms with Gasteiger partial charge in [0.05, 0.1) is 35.5 Å². The fourth-order valence-electron chi connectivity index (χ4n) is 2.40. The summed E-state index contributed by atoms with van der Waals surface area (Å²) in [5.41, 5.74) is 4.49. The van der Waals surface area contributed by atoms with Gasteiger partial charge in [0.1, 0.15) is 5.75 Å². The highest BCUT2D eigenvalue weighted by Gasteiger charge is 2.12. The number of hydrogen-bond donors (Lipinski definition) is 1. The highest BCUT2D eigenvalue weighted by molar-refractivity contribution is 7.71. The summed E-state index contributed by atoms with van der Waals surface area (Å²) < 4.78 is 7.92. The second-order valence-electron chi connectivity index (χ2n) is 4.78. The van der Waals surface area contributed by atoms with Crippen LogP contribution in [0.3, 0.4) is 0 Å². The molecule has 0 fully saturated rings. The van der Waals surface area contributed by atoms with Gasteiger partial charge in [0.2, 0.25) is 0 Å². The molecule has 0 aliphatic rings. The molecule has 0 bridgehead atoms. The van der Waals surface area contributed by atoms with Crippen LogP contribution in [0.2, 0.25) is 0 Å². The summed E-state index contributed by atoms with van der Waals surface area (Å²) in [5, 5.41) is 9.00. The Labute approximate surface area is 127 Å². The molecule has 0 saturated carbocycles. The third-order valence-electron chi connectivity index (χ3n) is 3.39. The van der Waals surface area contributed by atoms with Gasteiger partial charge >= 0.3 is 0 Å². The average Bonchev–Trinajstić information content (AvgIpc) is 2.81. The molecule has 1 aromatic heterocycles. The summed E-state index contributed by atoms with van der Waals surface area (Å²) in [4.78, 5) is 3.20.